The monoisotopic (exact) mass is 620 g/mol. The molecule has 0 fully saturated rings. The summed E-state index contributed by atoms with van der Waals surface area (Å²) in [5, 5.41) is 12.8. The Morgan fingerprint density at radius 1 is 0.304 bits per heavy atom. The Balaban J connectivity index is 1.53. The van der Waals surface area contributed by atoms with E-state index in [1.165, 1.54) is 53.7 Å². The summed E-state index contributed by atoms with van der Waals surface area (Å²) in [5.41, 5.74) is 2.60. The molecule has 8 rings (SSSR count). The first-order chi connectivity index (χ1) is 22.9. The molecule has 8 aromatic rings. The first kappa shape index (κ1) is 28.6. The Morgan fingerprint density at radius 2 is 0.630 bits per heavy atom. The Morgan fingerprint density at radius 3 is 0.957 bits per heavy atom. The summed E-state index contributed by atoms with van der Waals surface area (Å²) < 4.78 is 0. The molecule has 0 amide bonds. The van der Waals surface area contributed by atoms with Gasteiger partial charge in [0.2, 0.25) is 0 Å². The average Bonchev–Trinajstić information content (AvgIpc) is 3.14. The van der Waals surface area contributed by atoms with Crippen LogP contribution in [0.3, 0.4) is 0 Å². The van der Waals surface area contributed by atoms with Crippen LogP contribution in [0.15, 0.2) is 182 Å². The van der Waals surface area contributed by atoms with Crippen molar-refractivity contribution in [1.29, 1.82) is 0 Å². The van der Waals surface area contributed by atoms with Gasteiger partial charge in [-0.05, 0) is 92.5 Å². The summed E-state index contributed by atoms with van der Waals surface area (Å²) in [5.74, 6) is 0. The van der Waals surface area contributed by atoms with Crippen molar-refractivity contribution in [2.45, 2.75) is 0 Å². The summed E-state index contributed by atoms with van der Waals surface area (Å²) in [4.78, 5) is 0. The minimum Gasteiger partial charge on any atom is -0.0622 e. The van der Waals surface area contributed by atoms with E-state index in [1.54, 1.807) is 0 Å². The van der Waals surface area contributed by atoms with Gasteiger partial charge < -0.3 is 0 Å². The van der Waals surface area contributed by atoms with E-state index in [4.69, 9.17) is 0 Å². The molecule has 0 nitrogen and oxygen atoms in total. The maximum Gasteiger partial charge on any atom is -0.000861 e. The lowest BCUT2D eigenvalue weighted by Crippen LogP contribution is -2.26. The van der Waals surface area contributed by atoms with Crippen molar-refractivity contribution in [3.8, 4) is 11.1 Å². The van der Waals surface area contributed by atoms with Crippen LogP contribution < -0.4 is 31.8 Å². The van der Waals surface area contributed by atoms with Crippen LogP contribution in [0, 0.1) is 12.1 Å². The second-order valence-corrected chi connectivity index (χ2v) is 15.6. The number of hydrogen-bond acceptors (Lipinski definition) is 0. The van der Waals surface area contributed by atoms with Crippen molar-refractivity contribution in [2.75, 3.05) is 0 Å². The molecule has 0 unspecified atom stereocenters. The molecule has 0 saturated carbocycles. The van der Waals surface area contributed by atoms with E-state index in [-0.39, 0.29) is 0 Å². The summed E-state index contributed by atoms with van der Waals surface area (Å²) in [7, 11) is -1.75. The molecule has 0 aromatic heterocycles. The standard InChI is InChI=1S/C44H30P2/c1-5-19-35(20-6-1)45(36-21-7-2-8-22-36)41-31-29-33-17-13-15-27-39(33)43(41)44-40-28-16-14-18-34(40)30-32-42(44)46(37-23-9-3-10-24-37)38-25-11-4-12-26-38/h1-16,19-32H. The number of hydrogen-bond donors (Lipinski definition) is 0. The van der Waals surface area contributed by atoms with Crippen LogP contribution >= 0.6 is 15.8 Å². The van der Waals surface area contributed by atoms with Crippen molar-refractivity contribution in [2.24, 2.45) is 0 Å². The number of rotatable bonds is 7. The first-order valence-corrected chi connectivity index (χ1v) is 18.2. The molecule has 0 aliphatic carbocycles. The third kappa shape index (κ3) is 5.35. The summed E-state index contributed by atoms with van der Waals surface area (Å²) >= 11 is 0. The largest absolute Gasteiger partial charge is 0.0622 e. The smallest absolute Gasteiger partial charge is 0.000861 e. The van der Waals surface area contributed by atoms with Crippen LogP contribution in [0.4, 0.5) is 0 Å². The van der Waals surface area contributed by atoms with Crippen LogP contribution in [0.2, 0.25) is 0 Å². The van der Waals surface area contributed by atoms with Crippen LogP contribution in [0.25, 0.3) is 32.7 Å². The van der Waals surface area contributed by atoms with E-state index >= 15 is 0 Å². The summed E-state index contributed by atoms with van der Waals surface area (Å²) in [6.07, 6.45) is 0. The van der Waals surface area contributed by atoms with Gasteiger partial charge in [-0.25, -0.2) is 0 Å². The highest BCUT2D eigenvalue weighted by atomic mass is 31.1. The molecule has 0 atom stereocenters. The fourth-order valence-corrected chi connectivity index (χ4v) is 11.4. The molecule has 0 saturated heterocycles. The van der Waals surface area contributed by atoms with Gasteiger partial charge in [-0.3, -0.25) is 0 Å². The zero-order valence-electron chi connectivity index (χ0n) is 25.2. The Kier molecular flexibility index (Phi) is 8.00. The van der Waals surface area contributed by atoms with Gasteiger partial charge in [0.25, 0.3) is 0 Å². The molecule has 0 aliphatic heterocycles. The molecular formula is C44H30P2. The molecule has 46 heavy (non-hydrogen) atoms. The highest BCUT2D eigenvalue weighted by Gasteiger charge is 2.28. The van der Waals surface area contributed by atoms with Crippen molar-refractivity contribution in [1.82, 2.24) is 0 Å². The molecule has 0 heterocycles. The van der Waals surface area contributed by atoms with Crippen LogP contribution in [0.5, 0.6) is 0 Å². The number of benzene rings is 8. The average molecular weight is 621 g/mol. The summed E-state index contributed by atoms with van der Waals surface area (Å²) in [6.45, 7) is 0. The van der Waals surface area contributed by atoms with E-state index in [2.05, 4.69) is 182 Å². The Bertz CT molecular complexity index is 2000. The first-order valence-electron chi connectivity index (χ1n) is 15.5. The van der Waals surface area contributed by atoms with Gasteiger partial charge in [0.15, 0.2) is 0 Å². The quantitative estimate of drug-likeness (QED) is 0.156. The van der Waals surface area contributed by atoms with Gasteiger partial charge in [0.05, 0.1) is 0 Å². The highest BCUT2D eigenvalue weighted by Crippen LogP contribution is 2.45. The maximum absolute atomic E-state index is 3.57. The number of fused-ring (bicyclic) bond motifs is 2. The van der Waals surface area contributed by atoms with Crippen molar-refractivity contribution in [3.63, 3.8) is 0 Å². The lowest BCUT2D eigenvalue weighted by molar-refractivity contribution is 1.71. The third-order valence-electron chi connectivity index (χ3n) is 8.43. The topological polar surface area (TPSA) is 0 Å². The Labute approximate surface area is 273 Å². The van der Waals surface area contributed by atoms with Crippen molar-refractivity contribution < 1.29 is 0 Å². The zero-order chi connectivity index (χ0) is 30.7. The van der Waals surface area contributed by atoms with Crippen LogP contribution in [0.1, 0.15) is 0 Å². The Hall–Kier alpha value is -4.86. The van der Waals surface area contributed by atoms with Gasteiger partial charge in [-0.2, -0.15) is 0 Å². The summed E-state index contributed by atoms with van der Waals surface area (Å²) in [6, 6.07) is 73.5. The maximum atomic E-state index is 3.57. The molecule has 0 bridgehead atoms. The minimum absolute atomic E-state index is 0.876. The SMILES string of the molecule is [c]1cccc2c(-c3c(P(c4ccccc4)c4ccccc4)ccc4[c]cccc34)c(P(c3ccccc3)c3ccccc3)ccc12. The molecule has 0 aliphatic rings. The molecule has 2 radical (unpaired) electrons. The molecule has 8 aromatic carbocycles. The van der Waals surface area contributed by atoms with Gasteiger partial charge in [-0.15, -0.1) is 0 Å². The van der Waals surface area contributed by atoms with E-state index in [0.717, 1.165) is 10.8 Å². The fourth-order valence-electron chi connectivity index (χ4n) is 6.44. The van der Waals surface area contributed by atoms with Gasteiger partial charge in [0, 0.05) is 0 Å². The fraction of sp³-hybridized carbons (Fsp3) is 0. The van der Waals surface area contributed by atoms with Gasteiger partial charge >= 0.3 is 0 Å². The molecule has 216 valence electrons. The molecule has 0 spiro atoms. The van der Waals surface area contributed by atoms with Gasteiger partial charge in [0.1, 0.15) is 0 Å². The lowest BCUT2D eigenvalue weighted by atomic mass is 9.93. The van der Waals surface area contributed by atoms with E-state index in [0.29, 0.717) is 0 Å². The van der Waals surface area contributed by atoms with E-state index < -0.39 is 15.8 Å². The van der Waals surface area contributed by atoms with Crippen molar-refractivity contribution in [3.05, 3.63) is 194 Å². The van der Waals surface area contributed by atoms with E-state index in [9.17, 15) is 0 Å². The van der Waals surface area contributed by atoms with Gasteiger partial charge in [-0.1, -0.05) is 182 Å². The lowest BCUT2D eigenvalue weighted by Gasteiger charge is -2.28. The predicted octanol–water partition coefficient (Wildman–Crippen LogP) is 8.78. The molecule has 0 N–H and O–H groups in total. The molecule has 2 heteroatoms. The zero-order valence-corrected chi connectivity index (χ0v) is 27.0. The predicted molar refractivity (Wildman–Crippen MR) is 202 cm³/mol. The highest BCUT2D eigenvalue weighted by molar-refractivity contribution is 7.80. The van der Waals surface area contributed by atoms with Crippen LogP contribution in [-0.4, -0.2) is 0 Å². The third-order valence-corrected chi connectivity index (χ3v) is 13.4. The normalized spacial score (nSPS) is 11.4. The van der Waals surface area contributed by atoms with Crippen LogP contribution in [-0.2, 0) is 0 Å². The molecular weight excluding hydrogens is 590 g/mol. The second-order valence-electron chi connectivity index (χ2n) is 11.2. The van der Waals surface area contributed by atoms with E-state index in [1.807, 2.05) is 12.1 Å². The van der Waals surface area contributed by atoms with Crippen molar-refractivity contribution >= 4 is 69.2 Å². The second kappa shape index (κ2) is 12.9. The minimum atomic E-state index is -0.876.